The number of hydrogen-bond donors (Lipinski definition) is 1. The van der Waals surface area contributed by atoms with Gasteiger partial charge < -0.3 is 47.7 Å². The quantitative estimate of drug-likeness (QED) is 0.0916. The molecule has 0 aromatic carbocycles. The molecule has 0 saturated heterocycles. The molecule has 1 N–H and O–H groups in total. The highest BCUT2D eigenvalue weighted by atomic mass is 16.6. The molecular weight excluding hydrogens is 556 g/mol. The van der Waals surface area contributed by atoms with Crippen molar-refractivity contribution in [3.8, 4) is 0 Å². The molecule has 0 aliphatic carbocycles. The Morgan fingerprint density at radius 2 is 0.698 bits per heavy atom. The fourth-order valence-electron chi connectivity index (χ4n) is 4.10. The maximum absolute atomic E-state index is 8.58. The van der Waals surface area contributed by atoms with Crippen molar-refractivity contribution in [2.24, 2.45) is 0 Å². The van der Waals surface area contributed by atoms with E-state index in [1.54, 1.807) is 0 Å². The molecule has 0 saturated carbocycles. The van der Waals surface area contributed by atoms with Crippen LogP contribution in [-0.2, 0) is 42.6 Å². The van der Waals surface area contributed by atoms with Gasteiger partial charge in [0.15, 0.2) is 0 Å². The molecule has 0 aliphatic rings. The van der Waals surface area contributed by atoms with E-state index in [1.165, 1.54) is 70.6 Å². The van der Waals surface area contributed by atoms with Crippen LogP contribution in [0.25, 0.3) is 0 Å². The van der Waals surface area contributed by atoms with Crippen molar-refractivity contribution in [1.82, 2.24) is 0 Å². The largest absolute Gasteiger partial charge is 0.394 e. The van der Waals surface area contributed by atoms with Crippen LogP contribution in [-0.4, -0.2) is 130 Å². The topological polar surface area (TPSA) is 103 Å². The third kappa shape index (κ3) is 39.6. The van der Waals surface area contributed by atoms with Gasteiger partial charge in [0, 0.05) is 13.2 Å². The summed E-state index contributed by atoms with van der Waals surface area (Å²) in [7, 11) is 0. The van der Waals surface area contributed by atoms with E-state index in [4.69, 9.17) is 47.7 Å². The van der Waals surface area contributed by atoms with E-state index in [9.17, 15) is 0 Å². The van der Waals surface area contributed by atoms with Crippen LogP contribution in [0.4, 0.5) is 0 Å². The Morgan fingerprint density at radius 1 is 0.372 bits per heavy atom. The molecule has 10 nitrogen and oxygen atoms in total. The molecule has 43 heavy (non-hydrogen) atoms. The average Bonchev–Trinajstić information content (AvgIpc) is 3.01. The van der Waals surface area contributed by atoms with Gasteiger partial charge in [-0.1, -0.05) is 71.1 Å². The molecule has 0 aromatic rings. The van der Waals surface area contributed by atoms with Crippen LogP contribution < -0.4 is 0 Å². The Kier molecular flexibility index (Phi) is 39.3. The first kappa shape index (κ1) is 42.6. The van der Waals surface area contributed by atoms with Crippen LogP contribution in [0.3, 0.4) is 0 Å². The van der Waals surface area contributed by atoms with Crippen molar-refractivity contribution in [1.29, 1.82) is 0 Å². The maximum Gasteiger partial charge on any atom is 0.0704 e. The van der Waals surface area contributed by atoms with Gasteiger partial charge in [0.25, 0.3) is 0 Å². The molecule has 10 heteroatoms. The molecule has 0 rings (SSSR count). The fraction of sp³-hybridized carbons (Fsp3) is 1.00. The minimum Gasteiger partial charge on any atom is -0.394 e. The predicted octanol–water partition coefficient (Wildman–Crippen LogP) is 5.22. The molecule has 260 valence electrons. The third-order valence-corrected chi connectivity index (χ3v) is 6.66. The second-order valence-corrected chi connectivity index (χ2v) is 10.6. The van der Waals surface area contributed by atoms with Gasteiger partial charge in [-0.05, 0) is 19.8 Å². The van der Waals surface area contributed by atoms with Gasteiger partial charge in [-0.25, -0.2) is 0 Å². The summed E-state index contributed by atoms with van der Waals surface area (Å²) < 4.78 is 49.4. The lowest BCUT2D eigenvalue weighted by Gasteiger charge is -2.13. The van der Waals surface area contributed by atoms with E-state index < -0.39 is 0 Å². The second kappa shape index (κ2) is 39.6. The summed E-state index contributed by atoms with van der Waals surface area (Å²) in [6, 6.07) is 0. The van der Waals surface area contributed by atoms with Gasteiger partial charge in [-0.2, -0.15) is 0 Å². The Labute approximate surface area is 263 Å². The average molecular weight is 625 g/mol. The van der Waals surface area contributed by atoms with Crippen molar-refractivity contribution in [2.45, 2.75) is 97.0 Å². The molecule has 0 bridgehead atoms. The molecule has 0 spiro atoms. The summed E-state index contributed by atoms with van der Waals surface area (Å²) in [6.45, 7) is 13.8. The number of aliphatic hydroxyl groups excluding tert-OH is 1. The first-order valence-electron chi connectivity index (χ1n) is 17.2. The van der Waals surface area contributed by atoms with Crippen LogP contribution in [0, 0.1) is 0 Å². The normalized spacial score (nSPS) is 12.3. The Morgan fingerprint density at radius 3 is 1.09 bits per heavy atom. The van der Waals surface area contributed by atoms with Gasteiger partial charge in [0.05, 0.1) is 112 Å². The Hall–Kier alpha value is -0.400. The zero-order valence-corrected chi connectivity index (χ0v) is 27.9. The molecule has 0 aromatic heterocycles. The SMILES string of the molecule is CCCCCCCCCCCCCOCCC(C)OCCOCCOCCOCCOCCOCCOCCOCCO. The summed E-state index contributed by atoms with van der Waals surface area (Å²) in [5.41, 5.74) is 0. The number of hydrogen-bond acceptors (Lipinski definition) is 10. The lowest BCUT2D eigenvalue weighted by atomic mass is 10.1. The fourth-order valence-corrected chi connectivity index (χ4v) is 4.10. The van der Waals surface area contributed by atoms with E-state index >= 15 is 0 Å². The van der Waals surface area contributed by atoms with Crippen molar-refractivity contribution in [3.63, 3.8) is 0 Å². The van der Waals surface area contributed by atoms with Crippen LogP contribution in [0.1, 0.15) is 90.9 Å². The highest BCUT2D eigenvalue weighted by molar-refractivity contribution is 4.51. The molecule has 1 atom stereocenters. The maximum atomic E-state index is 8.58. The predicted molar refractivity (Wildman–Crippen MR) is 170 cm³/mol. The second-order valence-electron chi connectivity index (χ2n) is 10.6. The number of rotatable bonds is 39. The van der Waals surface area contributed by atoms with Crippen molar-refractivity contribution in [3.05, 3.63) is 0 Å². The van der Waals surface area contributed by atoms with Crippen molar-refractivity contribution in [2.75, 3.05) is 119 Å². The molecular formula is C33H68O10. The van der Waals surface area contributed by atoms with Gasteiger partial charge in [0.1, 0.15) is 0 Å². The Bertz CT molecular complexity index is 487. The van der Waals surface area contributed by atoms with E-state index in [1.807, 2.05) is 0 Å². The molecule has 0 heterocycles. The van der Waals surface area contributed by atoms with Crippen LogP contribution >= 0.6 is 0 Å². The number of unbranched alkanes of at least 4 members (excludes halogenated alkanes) is 10. The van der Waals surface area contributed by atoms with Crippen LogP contribution in [0.15, 0.2) is 0 Å². The van der Waals surface area contributed by atoms with Gasteiger partial charge in [-0.15, -0.1) is 0 Å². The minimum atomic E-state index is 0.0323. The summed E-state index contributed by atoms with van der Waals surface area (Å²) in [5.74, 6) is 0. The smallest absolute Gasteiger partial charge is 0.0704 e. The van der Waals surface area contributed by atoms with Crippen molar-refractivity contribution < 1.29 is 47.7 Å². The molecule has 0 radical (unpaired) electrons. The van der Waals surface area contributed by atoms with Gasteiger partial charge in [-0.3, -0.25) is 0 Å². The zero-order valence-electron chi connectivity index (χ0n) is 27.9. The third-order valence-electron chi connectivity index (χ3n) is 6.66. The van der Waals surface area contributed by atoms with Gasteiger partial charge >= 0.3 is 0 Å². The van der Waals surface area contributed by atoms with Crippen LogP contribution in [0.2, 0.25) is 0 Å². The lowest BCUT2D eigenvalue weighted by molar-refractivity contribution is -0.0298. The molecule has 1 unspecified atom stereocenters. The zero-order chi connectivity index (χ0) is 31.2. The highest BCUT2D eigenvalue weighted by Gasteiger charge is 2.02. The molecule has 0 amide bonds. The van der Waals surface area contributed by atoms with Crippen molar-refractivity contribution >= 4 is 0 Å². The number of aliphatic hydroxyl groups is 1. The first-order valence-corrected chi connectivity index (χ1v) is 17.2. The standard InChI is InChI=1S/C33H68O10/c1-3-4-5-6-7-8-9-10-11-12-13-16-35-17-14-33(2)43-32-31-42-30-29-41-28-27-40-26-25-39-24-23-38-22-21-37-20-19-36-18-15-34/h33-34H,3-32H2,1-2H3. The van der Waals surface area contributed by atoms with E-state index in [-0.39, 0.29) is 12.7 Å². The molecule has 0 aliphatic heterocycles. The summed E-state index contributed by atoms with van der Waals surface area (Å²) in [4.78, 5) is 0. The van der Waals surface area contributed by atoms with Gasteiger partial charge in [0.2, 0.25) is 0 Å². The summed E-state index contributed by atoms with van der Waals surface area (Å²) >= 11 is 0. The summed E-state index contributed by atoms with van der Waals surface area (Å²) in [5, 5.41) is 8.58. The summed E-state index contributed by atoms with van der Waals surface area (Å²) in [6.07, 6.45) is 16.1. The number of ether oxygens (including phenoxy) is 9. The first-order chi connectivity index (χ1) is 21.3. The lowest BCUT2D eigenvalue weighted by Crippen LogP contribution is -2.17. The highest BCUT2D eigenvalue weighted by Crippen LogP contribution is 2.11. The van der Waals surface area contributed by atoms with E-state index in [0.29, 0.717) is 99.1 Å². The van der Waals surface area contributed by atoms with E-state index in [2.05, 4.69) is 13.8 Å². The molecule has 0 fully saturated rings. The minimum absolute atomic E-state index is 0.0323. The van der Waals surface area contributed by atoms with E-state index in [0.717, 1.165) is 19.6 Å². The Balaban J connectivity index is 3.13. The monoisotopic (exact) mass is 624 g/mol. The van der Waals surface area contributed by atoms with Crippen LogP contribution in [0.5, 0.6) is 0 Å².